The van der Waals surface area contributed by atoms with Crippen molar-refractivity contribution >= 4 is 0 Å². The molecule has 1 aromatic rings. The van der Waals surface area contributed by atoms with Gasteiger partial charge in [-0.2, -0.15) is 0 Å². The van der Waals surface area contributed by atoms with Gasteiger partial charge in [-0.1, -0.05) is 13.8 Å². The second-order valence-electron chi connectivity index (χ2n) is 2.06. The summed E-state index contributed by atoms with van der Waals surface area (Å²) in [5, 5.41) is 14.7. The Bertz CT molecular complexity index is 172. The van der Waals surface area contributed by atoms with E-state index < -0.39 is 0 Å². The highest BCUT2D eigenvalue weighted by atomic mass is 15.3. The molecule has 0 atom stereocenters. The molecule has 0 amide bonds. The quantitative estimate of drug-likeness (QED) is 0.543. The van der Waals surface area contributed by atoms with E-state index in [0.717, 1.165) is 0 Å². The fourth-order valence-corrected chi connectivity index (χ4v) is 0.444. The molecule has 4 nitrogen and oxygen atoms in total. The van der Waals surface area contributed by atoms with Crippen molar-refractivity contribution in [3.63, 3.8) is 0 Å². The summed E-state index contributed by atoms with van der Waals surface area (Å²) in [7, 11) is 0. The SMILES string of the molecule is CC(C)c1nncnn1. The molecule has 0 aliphatic carbocycles. The van der Waals surface area contributed by atoms with Crippen LogP contribution in [0.3, 0.4) is 0 Å². The molecule has 1 rings (SSSR count). The van der Waals surface area contributed by atoms with Crippen LogP contribution in [-0.2, 0) is 0 Å². The molecule has 1 heterocycles. The van der Waals surface area contributed by atoms with E-state index >= 15 is 0 Å². The molecule has 0 aliphatic heterocycles. The molecular formula is C5H8N4. The highest BCUT2D eigenvalue weighted by Crippen LogP contribution is 2.02. The van der Waals surface area contributed by atoms with Crippen LogP contribution in [0.4, 0.5) is 0 Å². The average molecular weight is 124 g/mol. The summed E-state index contributed by atoms with van der Waals surface area (Å²) in [6, 6.07) is 0. The monoisotopic (exact) mass is 124 g/mol. The summed E-state index contributed by atoms with van der Waals surface area (Å²) in [6.45, 7) is 4.00. The molecule has 0 radical (unpaired) electrons. The standard InChI is InChI=1S/C5H8N4/c1-4(2)5-8-6-3-7-9-5/h3-4H,1-2H3. The maximum atomic E-state index is 3.75. The Labute approximate surface area is 53.3 Å². The van der Waals surface area contributed by atoms with Gasteiger partial charge in [-0.25, -0.2) is 0 Å². The summed E-state index contributed by atoms with van der Waals surface area (Å²) in [6.07, 6.45) is 1.33. The molecule has 9 heavy (non-hydrogen) atoms. The topological polar surface area (TPSA) is 51.6 Å². The number of nitrogens with zero attached hydrogens (tertiary/aromatic N) is 4. The lowest BCUT2D eigenvalue weighted by atomic mass is 10.2. The summed E-state index contributed by atoms with van der Waals surface area (Å²) < 4.78 is 0. The molecule has 0 fully saturated rings. The van der Waals surface area contributed by atoms with Gasteiger partial charge in [0.05, 0.1) is 0 Å². The Morgan fingerprint density at radius 2 is 1.78 bits per heavy atom. The van der Waals surface area contributed by atoms with E-state index in [-0.39, 0.29) is 0 Å². The fourth-order valence-electron chi connectivity index (χ4n) is 0.444. The molecule has 4 heteroatoms. The normalized spacial score (nSPS) is 10.1. The maximum Gasteiger partial charge on any atom is 0.176 e. The second kappa shape index (κ2) is 2.48. The van der Waals surface area contributed by atoms with E-state index in [0.29, 0.717) is 11.7 Å². The number of hydrogen-bond donors (Lipinski definition) is 0. The Morgan fingerprint density at radius 3 is 2.11 bits per heavy atom. The maximum absolute atomic E-state index is 3.75. The molecule has 0 bridgehead atoms. The van der Waals surface area contributed by atoms with Crippen LogP contribution in [0, 0.1) is 0 Å². The Morgan fingerprint density at radius 1 is 1.22 bits per heavy atom. The largest absolute Gasteiger partial charge is 0.176 e. The van der Waals surface area contributed by atoms with E-state index in [1.54, 1.807) is 0 Å². The van der Waals surface area contributed by atoms with Crippen LogP contribution in [0.25, 0.3) is 0 Å². The first-order chi connectivity index (χ1) is 4.30. The summed E-state index contributed by atoms with van der Waals surface area (Å²) in [5.74, 6) is 1.00. The number of rotatable bonds is 1. The fraction of sp³-hybridized carbons (Fsp3) is 0.600. The van der Waals surface area contributed by atoms with Gasteiger partial charge < -0.3 is 0 Å². The van der Waals surface area contributed by atoms with Crippen LogP contribution in [0.1, 0.15) is 25.6 Å². The molecule has 0 spiro atoms. The van der Waals surface area contributed by atoms with Crippen LogP contribution >= 0.6 is 0 Å². The molecule has 0 unspecified atom stereocenters. The first-order valence-corrected chi connectivity index (χ1v) is 2.81. The lowest BCUT2D eigenvalue weighted by molar-refractivity contribution is 0.689. The van der Waals surface area contributed by atoms with Gasteiger partial charge >= 0.3 is 0 Å². The zero-order chi connectivity index (χ0) is 6.69. The first kappa shape index (κ1) is 6.07. The third kappa shape index (κ3) is 1.42. The van der Waals surface area contributed by atoms with Crippen molar-refractivity contribution < 1.29 is 0 Å². The smallest absolute Gasteiger partial charge is 0.135 e. The molecule has 0 N–H and O–H groups in total. The molecule has 0 saturated carbocycles. The highest BCUT2D eigenvalue weighted by molar-refractivity contribution is 4.83. The van der Waals surface area contributed by atoms with Crippen molar-refractivity contribution in [1.82, 2.24) is 20.4 Å². The van der Waals surface area contributed by atoms with Crippen molar-refractivity contribution in [2.45, 2.75) is 19.8 Å². The molecule has 1 aromatic heterocycles. The van der Waals surface area contributed by atoms with E-state index in [1.807, 2.05) is 13.8 Å². The molecule has 0 saturated heterocycles. The lowest BCUT2D eigenvalue weighted by Crippen LogP contribution is -1.99. The molecule has 0 aromatic carbocycles. The van der Waals surface area contributed by atoms with Gasteiger partial charge in [0.2, 0.25) is 0 Å². The van der Waals surface area contributed by atoms with Crippen molar-refractivity contribution in [2.24, 2.45) is 0 Å². The van der Waals surface area contributed by atoms with Gasteiger partial charge in [0.15, 0.2) is 12.2 Å². The van der Waals surface area contributed by atoms with Crippen molar-refractivity contribution in [3.05, 3.63) is 12.2 Å². The number of aromatic nitrogens is 4. The van der Waals surface area contributed by atoms with E-state index in [2.05, 4.69) is 20.4 Å². The Kier molecular flexibility index (Phi) is 1.67. The van der Waals surface area contributed by atoms with E-state index in [4.69, 9.17) is 0 Å². The van der Waals surface area contributed by atoms with Gasteiger partial charge in [-0.3, -0.25) is 0 Å². The first-order valence-electron chi connectivity index (χ1n) is 2.81. The summed E-state index contributed by atoms with van der Waals surface area (Å²) >= 11 is 0. The van der Waals surface area contributed by atoms with Crippen molar-refractivity contribution in [2.75, 3.05) is 0 Å². The lowest BCUT2D eigenvalue weighted by Gasteiger charge is -1.96. The minimum Gasteiger partial charge on any atom is -0.135 e. The van der Waals surface area contributed by atoms with E-state index in [1.165, 1.54) is 6.33 Å². The minimum atomic E-state index is 0.311. The van der Waals surface area contributed by atoms with Crippen LogP contribution in [-0.4, -0.2) is 20.4 Å². The molecular weight excluding hydrogens is 116 g/mol. The number of hydrogen-bond acceptors (Lipinski definition) is 4. The average Bonchev–Trinajstić information content (AvgIpc) is 1.90. The second-order valence-corrected chi connectivity index (χ2v) is 2.06. The van der Waals surface area contributed by atoms with E-state index in [9.17, 15) is 0 Å². The third-order valence-corrected chi connectivity index (χ3v) is 0.940. The van der Waals surface area contributed by atoms with Crippen LogP contribution in [0.15, 0.2) is 6.33 Å². The summed E-state index contributed by atoms with van der Waals surface area (Å²) in [5.41, 5.74) is 0. The summed E-state index contributed by atoms with van der Waals surface area (Å²) in [4.78, 5) is 0. The van der Waals surface area contributed by atoms with Gasteiger partial charge in [-0.15, -0.1) is 20.4 Å². The van der Waals surface area contributed by atoms with Crippen LogP contribution in [0.2, 0.25) is 0 Å². The Hall–Kier alpha value is -1.06. The third-order valence-electron chi connectivity index (χ3n) is 0.940. The van der Waals surface area contributed by atoms with Crippen molar-refractivity contribution in [3.8, 4) is 0 Å². The predicted molar refractivity (Wildman–Crippen MR) is 31.7 cm³/mol. The van der Waals surface area contributed by atoms with Gasteiger partial charge in [0.25, 0.3) is 0 Å². The van der Waals surface area contributed by atoms with Crippen LogP contribution < -0.4 is 0 Å². The zero-order valence-corrected chi connectivity index (χ0v) is 5.44. The predicted octanol–water partition coefficient (Wildman–Crippen LogP) is 0.390. The van der Waals surface area contributed by atoms with Crippen molar-refractivity contribution in [1.29, 1.82) is 0 Å². The molecule has 0 aliphatic rings. The van der Waals surface area contributed by atoms with Gasteiger partial charge in [-0.05, 0) is 0 Å². The van der Waals surface area contributed by atoms with Crippen LogP contribution in [0.5, 0.6) is 0 Å². The van der Waals surface area contributed by atoms with Gasteiger partial charge in [0, 0.05) is 5.92 Å². The Balaban J connectivity index is 2.85. The molecule has 48 valence electrons. The van der Waals surface area contributed by atoms with Gasteiger partial charge in [0.1, 0.15) is 0 Å². The minimum absolute atomic E-state index is 0.311. The zero-order valence-electron chi connectivity index (χ0n) is 5.44. The highest BCUT2D eigenvalue weighted by Gasteiger charge is 1.99.